The molecule has 0 heterocycles. The van der Waals surface area contributed by atoms with E-state index in [0.29, 0.717) is 51.0 Å². The molecule has 0 aromatic heterocycles. The fourth-order valence-electron chi connectivity index (χ4n) is 5.00. The topological polar surface area (TPSA) is 63.2 Å². The molecule has 6 heteroatoms. The Hall–Kier alpha value is -3.45. The second-order valence-electron chi connectivity index (χ2n) is 12.1. The third kappa shape index (κ3) is 9.27. The molecule has 0 saturated heterocycles. The zero-order valence-corrected chi connectivity index (χ0v) is 27.2. The van der Waals surface area contributed by atoms with Crippen molar-refractivity contribution < 1.29 is 28.5 Å². The second kappa shape index (κ2) is 15.9. The summed E-state index contributed by atoms with van der Waals surface area (Å²) in [5.74, 6) is 0.0678. The van der Waals surface area contributed by atoms with Crippen LogP contribution in [0.4, 0.5) is 0 Å². The number of carbonyl (C=O) groups is 1. The van der Waals surface area contributed by atoms with Crippen molar-refractivity contribution in [3.8, 4) is 16.9 Å². The van der Waals surface area contributed by atoms with Gasteiger partial charge in [0, 0.05) is 13.0 Å². The molecule has 0 aliphatic heterocycles. The van der Waals surface area contributed by atoms with Crippen LogP contribution in [0, 0.1) is 6.92 Å². The Morgan fingerprint density at radius 3 is 1.98 bits per heavy atom. The minimum atomic E-state index is -0.426. The normalized spacial score (nSPS) is 13.4. The number of ether oxygens (including phenoxy) is 5. The Labute approximate surface area is 258 Å². The summed E-state index contributed by atoms with van der Waals surface area (Å²) in [6.07, 6.45) is 0. The van der Waals surface area contributed by atoms with Gasteiger partial charge < -0.3 is 23.7 Å². The first kappa shape index (κ1) is 34.0. The molecule has 1 unspecified atom stereocenters. The molecule has 1 aliphatic rings. The smallest absolute Gasteiger partial charge is 0.341 e. The Bertz CT molecular complexity index is 1380. The van der Waals surface area contributed by atoms with E-state index in [-0.39, 0.29) is 11.3 Å². The van der Waals surface area contributed by atoms with E-state index in [1.54, 1.807) is 7.11 Å². The SMILES string of the molecule is C=C(C)C.COCCOCCOCCOc1ccc(C2c3cc(C)ccc3-c3ccc(C(C)(C)C)cc32)cc1C(=O)OC. The zero-order chi connectivity index (χ0) is 31.6. The molecule has 0 bridgehead atoms. The van der Waals surface area contributed by atoms with Gasteiger partial charge in [-0.3, -0.25) is 0 Å². The van der Waals surface area contributed by atoms with Gasteiger partial charge in [-0.2, -0.15) is 0 Å². The highest BCUT2D eigenvalue weighted by Crippen LogP contribution is 2.49. The van der Waals surface area contributed by atoms with Crippen LogP contribution in [0.15, 0.2) is 66.7 Å². The van der Waals surface area contributed by atoms with E-state index in [4.69, 9.17) is 23.7 Å². The van der Waals surface area contributed by atoms with Crippen molar-refractivity contribution in [3.05, 3.63) is 100 Å². The Kier molecular flexibility index (Phi) is 12.6. The van der Waals surface area contributed by atoms with Gasteiger partial charge in [0.05, 0.1) is 40.1 Å². The van der Waals surface area contributed by atoms with Gasteiger partial charge in [-0.1, -0.05) is 74.4 Å². The van der Waals surface area contributed by atoms with Crippen LogP contribution in [0.1, 0.15) is 78.7 Å². The molecular weight excluding hydrogens is 540 g/mol. The van der Waals surface area contributed by atoms with Crippen LogP contribution in [-0.2, 0) is 24.4 Å². The van der Waals surface area contributed by atoms with Crippen molar-refractivity contribution >= 4 is 5.97 Å². The lowest BCUT2D eigenvalue weighted by molar-refractivity contribution is 0.0178. The fraction of sp³-hybridized carbons (Fsp3) is 0.432. The van der Waals surface area contributed by atoms with Crippen molar-refractivity contribution in [3.63, 3.8) is 0 Å². The zero-order valence-electron chi connectivity index (χ0n) is 27.2. The number of hydrogen-bond donors (Lipinski definition) is 0. The van der Waals surface area contributed by atoms with Crippen LogP contribution in [0.25, 0.3) is 11.1 Å². The average Bonchev–Trinajstić information content (AvgIpc) is 3.27. The standard InChI is InChI=1S/C33H40O6.C4H8/c1-22-7-10-25-26-11-9-24(33(2,3)4)21-28(26)31(27(25)19-22)23-8-12-30(29(20-23)32(34)36-6)39-18-17-38-16-15-37-14-13-35-5;1-4(2)3/h7-12,19-21,31H,13-18H2,1-6H3;1H2,2-3H3. The lowest BCUT2D eigenvalue weighted by Crippen LogP contribution is -2.14. The van der Waals surface area contributed by atoms with Gasteiger partial charge in [0.15, 0.2) is 0 Å². The summed E-state index contributed by atoms with van der Waals surface area (Å²) in [7, 11) is 3.03. The minimum Gasteiger partial charge on any atom is -0.490 e. The minimum absolute atomic E-state index is 0.0103. The molecule has 4 rings (SSSR count). The lowest BCUT2D eigenvalue weighted by atomic mass is 9.82. The molecule has 0 fully saturated rings. The van der Waals surface area contributed by atoms with Gasteiger partial charge in [-0.25, -0.2) is 4.79 Å². The summed E-state index contributed by atoms with van der Waals surface area (Å²) in [4.78, 5) is 12.8. The highest BCUT2D eigenvalue weighted by Gasteiger charge is 2.32. The van der Waals surface area contributed by atoms with Crippen molar-refractivity contribution in [2.75, 3.05) is 53.9 Å². The summed E-state index contributed by atoms with van der Waals surface area (Å²) in [5.41, 5.74) is 10.1. The fourth-order valence-corrected chi connectivity index (χ4v) is 5.00. The second-order valence-corrected chi connectivity index (χ2v) is 12.1. The quantitative estimate of drug-likeness (QED) is 0.0953. The predicted molar refractivity (Wildman–Crippen MR) is 174 cm³/mol. The van der Waals surface area contributed by atoms with Gasteiger partial charge >= 0.3 is 5.97 Å². The average molecular weight is 589 g/mol. The first-order valence-corrected chi connectivity index (χ1v) is 14.8. The molecule has 0 spiro atoms. The Morgan fingerprint density at radius 1 is 0.791 bits per heavy atom. The number of fused-ring (bicyclic) bond motifs is 3. The van der Waals surface area contributed by atoms with Crippen LogP contribution in [0.3, 0.4) is 0 Å². The Balaban J connectivity index is 0.00000119. The maximum Gasteiger partial charge on any atom is 0.341 e. The van der Waals surface area contributed by atoms with Crippen LogP contribution in [0.2, 0.25) is 0 Å². The van der Waals surface area contributed by atoms with Gasteiger partial charge in [0.25, 0.3) is 0 Å². The van der Waals surface area contributed by atoms with Crippen molar-refractivity contribution in [2.24, 2.45) is 0 Å². The molecule has 232 valence electrons. The van der Waals surface area contributed by atoms with Crippen LogP contribution >= 0.6 is 0 Å². The van der Waals surface area contributed by atoms with Gasteiger partial charge in [0.2, 0.25) is 0 Å². The van der Waals surface area contributed by atoms with Gasteiger partial charge in [-0.05, 0) is 71.7 Å². The van der Waals surface area contributed by atoms with E-state index in [1.165, 1.54) is 46.1 Å². The van der Waals surface area contributed by atoms with Gasteiger partial charge in [-0.15, -0.1) is 6.58 Å². The van der Waals surface area contributed by atoms with Crippen molar-refractivity contribution in [1.29, 1.82) is 0 Å². The summed E-state index contributed by atoms with van der Waals surface area (Å²) >= 11 is 0. The highest BCUT2D eigenvalue weighted by atomic mass is 16.6. The van der Waals surface area contributed by atoms with Crippen molar-refractivity contribution in [2.45, 2.75) is 52.9 Å². The van der Waals surface area contributed by atoms with E-state index in [9.17, 15) is 4.79 Å². The van der Waals surface area contributed by atoms with E-state index < -0.39 is 5.97 Å². The number of benzene rings is 3. The number of rotatable bonds is 12. The van der Waals surface area contributed by atoms with Crippen LogP contribution in [-0.4, -0.2) is 59.8 Å². The molecule has 6 nitrogen and oxygen atoms in total. The van der Waals surface area contributed by atoms with E-state index >= 15 is 0 Å². The third-order valence-corrected chi connectivity index (χ3v) is 7.07. The number of esters is 1. The molecule has 3 aromatic rings. The first-order chi connectivity index (χ1) is 20.5. The van der Waals surface area contributed by atoms with E-state index in [0.717, 1.165) is 5.56 Å². The number of methoxy groups -OCH3 is 2. The monoisotopic (exact) mass is 588 g/mol. The maximum absolute atomic E-state index is 12.8. The number of allylic oxidation sites excluding steroid dienone is 1. The summed E-state index contributed by atoms with van der Waals surface area (Å²) in [5, 5.41) is 0. The molecule has 1 atom stereocenters. The number of hydrogen-bond acceptors (Lipinski definition) is 6. The van der Waals surface area contributed by atoms with Gasteiger partial charge in [0.1, 0.15) is 17.9 Å². The molecule has 0 radical (unpaired) electrons. The Morgan fingerprint density at radius 2 is 1.37 bits per heavy atom. The predicted octanol–water partition coefficient (Wildman–Crippen LogP) is 7.88. The van der Waals surface area contributed by atoms with Crippen molar-refractivity contribution in [1.82, 2.24) is 0 Å². The molecule has 0 N–H and O–H groups in total. The molecular formula is C37H48O6. The highest BCUT2D eigenvalue weighted by molar-refractivity contribution is 5.93. The number of aryl methyl sites for hydroxylation is 1. The molecule has 1 aliphatic carbocycles. The lowest BCUT2D eigenvalue weighted by Gasteiger charge is -2.22. The van der Waals surface area contributed by atoms with Crippen LogP contribution < -0.4 is 4.74 Å². The van der Waals surface area contributed by atoms with E-state index in [2.05, 4.69) is 76.7 Å². The largest absolute Gasteiger partial charge is 0.490 e. The maximum atomic E-state index is 12.8. The third-order valence-electron chi connectivity index (χ3n) is 7.07. The number of carbonyl (C=O) groups excluding carboxylic acids is 1. The summed E-state index contributed by atoms with van der Waals surface area (Å²) in [6, 6.07) is 19.3. The summed E-state index contributed by atoms with van der Waals surface area (Å²) in [6.45, 7) is 19.1. The van der Waals surface area contributed by atoms with E-state index in [1.807, 2.05) is 26.0 Å². The molecule has 3 aromatic carbocycles. The molecule has 0 amide bonds. The van der Waals surface area contributed by atoms with Crippen LogP contribution in [0.5, 0.6) is 5.75 Å². The molecule has 0 saturated carbocycles. The molecule has 43 heavy (non-hydrogen) atoms. The summed E-state index contributed by atoms with van der Waals surface area (Å²) < 4.78 is 27.0. The first-order valence-electron chi connectivity index (χ1n) is 14.8.